The molecule has 1 aliphatic heterocycles. The average molecular weight is 580 g/mol. The van der Waals surface area contributed by atoms with Gasteiger partial charge in [0.2, 0.25) is 5.91 Å². The van der Waals surface area contributed by atoms with Gasteiger partial charge in [0.15, 0.2) is 5.69 Å². The molecule has 1 aromatic heterocycles. The van der Waals surface area contributed by atoms with Crippen LogP contribution in [-0.2, 0) is 9.53 Å². The smallest absolute Gasteiger partial charge is 0.356 e. The van der Waals surface area contributed by atoms with E-state index in [0.717, 1.165) is 42.7 Å². The Morgan fingerprint density at radius 3 is 2.80 bits per heavy atom. The summed E-state index contributed by atoms with van der Waals surface area (Å²) < 4.78 is 5.05. The zero-order chi connectivity index (χ0) is 29.4. The number of carbonyl (C=O) groups excluding carboxylic acids is 2. The van der Waals surface area contributed by atoms with E-state index in [0.29, 0.717) is 34.2 Å². The Hall–Kier alpha value is -4.55. The number of hydrogen-bond acceptors (Lipinski definition) is 9. The number of fused-ring (bicyclic) bond motifs is 4. The number of esters is 1. The Morgan fingerprint density at radius 1 is 1.22 bits per heavy atom. The van der Waals surface area contributed by atoms with Crippen molar-refractivity contribution in [3.05, 3.63) is 64.6 Å². The Labute approximate surface area is 243 Å². The minimum atomic E-state index is -0.553. The zero-order valence-electron chi connectivity index (χ0n) is 22.9. The number of H-pyrrole nitrogens is 1. The maximum absolute atomic E-state index is 13.1. The number of nitrogens with zero attached hydrogens (tertiary/aromatic N) is 3. The lowest BCUT2D eigenvalue weighted by Crippen LogP contribution is -2.30. The van der Waals surface area contributed by atoms with Gasteiger partial charge in [-0.25, -0.2) is 15.6 Å². The van der Waals surface area contributed by atoms with Crippen LogP contribution in [0.25, 0.3) is 17.3 Å². The minimum Gasteiger partial charge on any atom is -0.464 e. The topological polar surface area (TPSA) is 176 Å². The number of hydrazine groups is 1. The summed E-state index contributed by atoms with van der Waals surface area (Å²) in [5.41, 5.74) is 4.31. The van der Waals surface area contributed by atoms with Crippen LogP contribution in [0.2, 0.25) is 5.02 Å². The summed E-state index contributed by atoms with van der Waals surface area (Å²) in [6.45, 7) is 0.750. The summed E-state index contributed by atoms with van der Waals surface area (Å²) in [7, 11) is 3.17. The summed E-state index contributed by atoms with van der Waals surface area (Å²) in [5.74, 6) is 10.8. The molecular weight excluding hydrogens is 546 g/mol. The third kappa shape index (κ3) is 7.16. The van der Waals surface area contributed by atoms with E-state index in [1.165, 1.54) is 24.5 Å². The molecule has 0 aliphatic carbocycles. The number of amides is 1. The number of imidazole rings is 1. The summed E-state index contributed by atoms with van der Waals surface area (Å²) in [6.07, 6.45) is 7.56. The van der Waals surface area contributed by atoms with E-state index in [9.17, 15) is 9.59 Å². The third-order valence-corrected chi connectivity index (χ3v) is 6.91. The number of carbonyl (C=O) groups is 2. The molecule has 8 N–H and O–H groups in total. The number of aromatic nitrogens is 2. The van der Waals surface area contributed by atoms with E-state index in [1.807, 2.05) is 25.2 Å². The molecule has 0 unspecified atom stereocenters. The minimum absolute atomic E-state index is 0.213. The van der Waals surface area contributed by atoms with Crippen molar-refractivity contribution in [1.29, 1.82) is 0 Å². The van der Waals surface area contributed by atoms with Crippen molar-refractivity contribution in [2.75, 3.05) is 36.3 Å². The summed E-state index contributed by atoms with van der Waals surface area (Å²) in [6, 6.07) is 10.4. The standard InChI is InChI=1S/C28H34ClN9O3/c1-32-19-9-10-20-22(15-19)33-13-5-3-4-6-21(27-36-25(20)26(37-27)28(40)41-2)35-24(39)12-7-17-14-18(29)8-11-23(17)38(31)16-34-30/h7-12,14-16,21,32-33H,3-6,13,30-31H2,1-2H3,(H,35,39)(H,36,37)/b12-7+,34-16-/t21-/m0/s1. The monoisotopic (exact) mass is 579 g/mol. The molecule has 216 valence electrons. The lowest BCUT2D eigenvalue weighted by Gasteiger charge is -2.18. The highest BCUT2D eigenvalue weighted by atomic mass is 35.5. The second-order valence-corrected chi connectivity index (χ2v) is 9.83. The van der Waals surface area contributed by atoms with Crippen molar-refractivity contribution < 1.29 is 14.3 Å². The van der Waals surface area contributed by atoms with E-state index < -0.39 is 12.0 Å². The van der Waals surface area contributed by atoms with Gasteiger partial charge in [0, 0.05) is 47.2 Å². The molecule has 0 radical (unpaired) electrons. The normalized spacial score (nSPS) is 15.4. The van der Waals surface area contributed by atoms with Crippen LogP contribution < -0.4 is 32.6 Å². The van der Waals surface area contributed by atoms with Gasteiger partial charge in [0.1, 0.15) is 17.9 Å². The summed E-state index contributed by atoms with van der Waals surface area (Å²) in [5, 5.41) is 14.8. The number of rotatable bonds is 7. The molecule has 1 aliphatic rings. The molecule has 12 nitrogen and oxygen atoms in total. The lowest BCUT2D eigenvalue weighted by atomic mass is 10.0. The fraction of sp³-hybridized carbons (Fsp3) is 0.286. The second kappa shape index (κ2) is 13.7. The number of nitrogens with two attached hydrogens (primary N) is 2. The van der Waals surface area contributed by atoms with Crippen LogP contribution in [0.4, 0.5) is 17.1 Å². The molecule has 2 bridgehead atoms. The first kappa shape index (κ1) is 29.4. The van der Waals surface area contributed by atoms with Crippen LogP contribution >= 0.6 is 11.6 Å². The van der Waals surface area contributed by atoms with Gasteiger partial charge >= 0.3 is 5.97 Å². The van der Waals surface area contributed by atoms with Crippen molar-refractivity contribution >= 4 is 53.0 Å². The molecule has 4 rings (SSSR count). The van der Waals surface area contributed by atoms with Crippen LogP contribution in [0.15, 0.2) is 47.6 Å². The van der Waals surface area contributed by atoms with Crippen LogP contribution in [-0.4, -0.2) is 48.9 Å². The molecule has 0 saturated carbocycles. The highest BCUT2D eigenvalue weighted by Crippen LogP contribution is 2.34. The molecule has 0 fully saturated rings. The molecule has 0 spiro atoms. The number of methoxy groups -OCH3 is 1. The molecule has 3 aromatic rings. The van der Waals surface area contributed by atoms with Gasteiger partial charge in [0.25, 0.3) is 0 Å². The Kier molecular flexibility index (Phi) is 9.82. The van der Waals surface area contributed by atoms with Crippen molar-refractivity contribution in [3.8, 4) is 11.3 Å². The van der Waals surface area contributed by atoms with Gasteiger partial charge < -0.3 is 31.5 Å². The number of ether oxygens (including phenoxy) is 1. The van der Waals surface area contributed by atoms with Crippen LogP contribution in [0.3, 0.4) is 0 Å². The SMILES string of the molecule is CNc1ccc2c(c1)NCCCCC[C@H](NC(=O)/C=C/c1cc(Cl)ccc1N(N)/C=N\N)c1nc-2c(C(=O)OC)[nH]1. The van der Waals surface area contributed by atoms with Gasteiger partial charge in [-0.3, -0.25) is 9.80 Å². The largest absolute Gasteiger partial charge is 0.464 e. The predicted octanol–water partition coefficient (Wildman–Crippen LogP) is 4.00. The van der Waals surface area contributed by atoms with E-state index >= 15 is 0 Å². The maximum atomic E-state index is 13.1. The Bertz CT molecular complexity index is 1450. The van der Waals surface area contributed by atoms with Gasteiger partial charge in [-0.05, 0) is 55.3 Å². The van der Waals surface area contributed by atoms with Crippen LogP contribution in [0.1, 0.15) is 53.6 Å². The van der Waals surface area contributed by atoms with Crippen molar-refractivity contribution in [2.45, 2.75) is 31.7 Å². The van der Waals surface area contributed by atoms with Crippen LogP contribution in [0, 0.1) is 0 Å². The first-order valence-corrected chi connectivity index (χ1v) is 13.5. The number of hydrazone groups is 1. The molecule has 13 heteroatoms. The highest BCUT2D eigenvalue weighted by Gasteiger charge is 2.26. The van der Waals surface area contributed by atoms with Crippen molar-refractivity contribution in [1.82, 2.24) is 15.3 Å². The fourth-order valence-electron chi connectivity index (χ4n) is 4.62. The predicted molar refractivity (Wildman–Crippen MR) is 163 cm³/mol. The number of benzene rings is 2. The van der Waals surface area contributed by atoms with Gasteiger partial charge in [-0.15, -0.1) is 0 Å². The molecule has 0 saturated heterocycles. The number of aromatic amines is 1. The Morgan fingerprint density at radius 2 is 2.05 bits per heavy atom. The fourth-order valence-corrected chi connectivity index (χ4v) is 4.80. The second-order valence-electron chi connectivity index (χ2n) is 9.39. The number of halogens is 1. The van der Waals surface area contributed by atoms with Crippen molar-refractivity contribution in [2.24, 2.45) is 16.8 Å². The van der Waals surface area contributed by atoms with E-state index in [1.54, 1.807) is 24.3 Å². The van der Waals surface area contributed by atoms with Gasteiger partial charge in [-0.1, -0.05) is 24.4 Å². The summed E-state index contributed by atoms with van der Waals surface area (Å²) >= 11 is 6.18. The van der Waals surface area contributed by atoms with Gasteiger partial charge in [-0.2, -0.15) is 5.10 Å². The molecule has 2 heterocycles. The van der Waals surface area contributed by atoms with Crippen LogP contribution in [0.5, 0.6) is 0 Å². The highest BCUT2D eigenvalue weighted by molar-refractivity contribution is 6.30. The first-order chi connectivity index (χ1) is 19.8. The van der Waals surface area contributed by atoms with E-state index in [-0.39, 0.29) is 11.6 Å². The van der Waals surface area contributed by atoms with Crippen molar-refractivity contribution in [3.63, 3.8) is 0 Å². The number of hydrogen-bond donors (Lipinski definition) is 6. The average Bonchev–Trinajstić information content (AvgIpc) is 3.41. The van der Waals surface area contributed by atoms with E-state index in [4.69, 9.17) is 33.0 Å². The molecule has 41 heavy (non-hydrogen) atoms. The van der Waals surface area contributed by atoms with E-state index in [2.05, 4.69) is 26.0 Å². The molecule has 1 amide bonds. The Balaban J connectivity index is 1.67. The molecule has 1 atom stereocenters. The summed E-state index contributed by atoms with van der Waals surface area (Å²) in [4.78, 5) is 33.9. The maximum Gasteiger partial charge on any atom is 0.356 e. The number of nitrogens with one attached hydrogen (secondary N) is 4. The van der Waals surface area contributed by atoms with Gasteiger partial charge in [0.05, 0.1) is 18.8 Å². The zero-order valence-corrected chi connectivity index (χ0v) is 23.7. The molecular formula is C28H34ClN9O3. The lowest BCUT2D eigenvalue weighted by molar-refractivity contribution is -0.117. The molecule has 2 aromatic carbocycles. The number of anilines is 3. The quantitative estimate of drug-likeness (QED) is 0.0603. The third-order valence-electron chi connectivity index (χ3n) is 6.68. The first-order valence-electron chi connectivity index (χ1n) is 13.1.